The van der Waals surface area contributed by atoms with Crippen molar-refractivity contribution < 1.29 is 14.7 Å². The number of hydrogen-bond donors (Lipinski definition) is 3. The Bertz CT molecular complexity index is 569. The third-order valence-corrected chi connectivity index (χ3v) is 4.31. The summed E-state index contributed by atoms with van der Waals surface area (Å²) in [6, 6.07) is 5.29. The number of halogens is 1. The third-order valence-electron chi connectivity index (χ3n) is 3.85. The van der Waals surface area contributed by atoms with E-state index in [1.807, 2.05) is 0 Å². The van der Waals surface area contributed by atoms with E-state index in [9.17, 15) is 4.79 Å². The molecule has 7 heteroatoms. The lowest BCUT2D eigenvalue weighted by Crippen LogP contribution is -2.45. The number of hydrogen-bond acceptors (Lipinski definition) is 4. The largest absolute Gasteiger partial charge is 0.497 e. The fourth-order valence-electron chi connectivity index (χ4n) is 2.68. The maximum atomic E-state index is 12.6. The van der Waals surface area contributed by atoms with Crippen molar-refractivity contribution in [3.05, 3.63) is 22.7 Å². The summed E-state index contributed by atoms with van der Waals surface area (Å²) in [5, 5.41) is 14.8. The number of amides is 1. The predicted octanol–water partition coefficient (Wildman–Crippen LogP) is 2.70. The van der Waals surface area contributed by atoms with Crippen molar-refractivity contribution in [3.63, 3.8) is 0 Å². The molecule has 1 aliphatic carbocycles. The Labute approximate surface area is 131 Å². The Morgan fingerprint density at radius 2 is 2.10 bits per heavy atom. The third kappa shape index (κ3) is 3.12. The second-order valence-electron chi connectivity index (χ2n) is 5.11. The molecule has 0 atom stereocenters. The van der Waals surface area contributed by atoms with Gasteiger partial charge in [-0.2, -0.15) is 0 Å². The smallest absolute Gasteiger partial charge is 0.238 e. The zero-order valence-corrected chi connectivity index (χ0v) is 13.3. The van der Waals surface area contributed by atoms with E-state index in [1.165, 1.54) is 0 Å². The molecular formula is C14H18BrN3O3. The quantitative estimate of drug-likeness (QED) is 0.334. The van der Waals surface area contributed by atoms with Gasteiger partial charge in [-0.05, 0) is 25.0 Å². The minimum atomic E-state index is -0.926. The highest BCUT2D eigenvalue weighted by atomic mass is 79.9. The zero-order valence-electron chi connectivity index (χ0n) is 11.7. The molecule has 2 rings (SSSR count). The normalized spacial score (nSPS) is 17.5. The van der Waals surface area contributed by atoms with Crippen LogP contribution in [0.2, 0.25) is 0 Å². The number of methoxy groups -OCH3 is 1. The van der Waals surface area contributed by atoms with E-state index >= 15 is 0 Å². The molecule has 0 spiro atoms. The number of carbonyl (C=O) groups excluding carboxylic acids is 1. The topological polar surface area (TPSA) is 96.9 Å². The maximum absolute atomic E-state index is 12.6. The number of benzene rings is 1. The van der Waals surface area contributed by atoms with Crippen LogP contribution in [0.15, 0.2) is 27.8 Å². The number of carbonyl (C=O) groups is 1. The van der Waals surface area contributed by atoms with Gasteiger partial charge in [0.15, 0.2) is 5.84 Å². The highest BCUT2D eigenvalue weighted by Gasteiger charge is 2.45. The average molecular weight is 356 g/mol. The molecule has 0 heterocycles. The Balaban J connectivity index is 2.26. The summed E-state index contributed by atoms with van der Waals surface area (Å²) in [7, 11) is 1.56. The summed E-state index contributed by atoms with van der Waals surface area (Å²) in [6.45, 7) is 0. The second-order valence-corrected chi connectivity index (χ2v) is 6.02. The number of nitrogens with zero attached hydrogens (tertiary/aromatic N) is 1. The van der Waals surface area contributed by atoms with E-state index < -0.39 is 5.41 Å². The van der Waals surface area contributed by atoms with Crippen molar-refractivity contribution >= 4 is 33.4 Å². The van der Waals surface area contributed by atoms with Crippen molar-refractivity contribution in [2.75, 3.05) is 12.4 Å². The van der Waals surface area contributed by atoms with Crippen molar-refractivity contribution in [3.8, 4) is 5.75 Å². The summed E-state index contributed by atoms with van der Waals surface area (Å²) < 4.78 is 5.96. The summed E-state index contributed by atoms with van der Waals surface area (Å²) in [6.07, 6.45) is 2.93. The number of anilines is 1. The van der Waals surface area contributed by atoms with Crippen LogP contribution >= 0.6 is 15.9 Å². The molecule has 1 aromatic rings. The van der Waals surface area contributed by atoms with Crippen molar-refractivity contribution in [2.24, 2.45) is 16.3 Å². The van der Waals surface area contributed by atoms with Gasteiger partial charge in [0.2, 0.25) is 5.91 Å². The number of nitrogens with two attached hydrogens (primary N) is 1. The van der Waals surface area contributed by atoms with Crippen LogP contribution in [0.4, 0.5) is 5.69 Å². The first kappa shape index (κ1) is 15.6. The fraction of sp³-hybridized carbons (Fsp3) is 0.429. The van der Waals surface area contributed by atoms with Gasteiger partial charge in [0.25, 0.3) is 0 Å². The molecule has 1 aromatic carbocycles. The second kappa shape index (κ2) is 6.34. The first-order valence-electron chi connectivity index (χ1n) is 6.66. The van der Waals surface area contributed by atoms with Crippen LogP contribution in [0.25, 0.3) is 0 Å². The first-order valence-corrected chi connectivity index (χ1v) is 7.45. The SMILES string of the molecule is COc1cc(Br)cc(NC(=O)C2(/C(N)=N/O)CCCC2)c1. The average Bonchev–Trinajstić information content (AvgIpc) is 2.96. The van der Waals surface area contributed by atoms with Gasteiger partial charge >= 0.3 is 0 Å². The molecule has 0 aromatic heterocycles. The number of rotatable bonds is 4. The van der Waals surface area contributed by atoms with E-state index in [0.717, 1.165) is 17.3 Å². The predicted molar refractivity (Wildman–Crippen MR) is 83.6 cm³/mol. The first-order chi connectivity index (χ1) is 10.0. The molecule has 0 radical (unpaired) electrons. The lowest BCUT2D eigenvalue weighted by molar-refractivity contribution is -0.122. The minimum absolute atomic E-state index is 0.0283. The monoisotopic (exact) mass is 355 g/mol. The molecule has 1 fully saturated rings. The number of oxime groups is 1. The van der Waals surface area contributed by atoms with E-state index in [2.05, 4.69) is 26.4 Å². The molecule has 0 saturated heterocycles. The van der Waals surface area contributed by atoms with E-state index in [-0.39, 0.29) is 11.7 Å². The van der Waals surface area contributed by atoms with Gasteiger partial charge in [-0.25, -0.2) is 0 Å². The van der Waals surface area contributed by atoms with Gasteiger partial charge < -0.3 is 21.0 Å². The summed E-state index contributed by atoms with van der Waals surface area (Å²) in [4.78, 5) is 12.6. The highest BCUT2D eigenvalue weighted by Crippen LogP contribution is 2.39. The van der Waals surface area contributed by atoms with Crippen molar-refractivity contribution in [1.82, 2.24) is 0 Å². The number of amidine groups is 1. The molecule has 1 aliphatic rings. The van der Waals surface area contributed by atoms with Crippen LogP contribution in [0.3, 0.4) is 0 Å². The molecule has 114 valence electrons. The molecular weight excluding hydrogens is 338 g/mol. The van der Waals surface area contributed by atoms with Gasteiger partial charge in [0, 0.05) is 16.2 Å². The Kier molecular flexibility index (Phi) is 4.72. The molecule has 1 saturated carbocycles. The van der Waals surface area contributed by atoms with Crippen LogP contribution < -0.4 is 15.8 Å². The summed E-state index contributed by atoms with van der Waals surface area (Å²) in [5.41, 5.74) is 5.43. The molecule has 0 aliphatic heterocycles. The van der Waals surface area contributed by atoms with Crippen molar-refractivity contribution in [2.45, 2.75) is 25.7 Å². The van der Waals surface area contributed by atoms with Crippen LogP contribution in [0.1, 0.15) is 25.7 Å². The van der Waals surface area contributed by atoms with Gasteiger partial charge in [-0.3, -0.25) is 4.79 Å². The lowest BCUT2D eigenvalue weighted by Gasteiger charge is -2.26. The lowest BCUT2D eigenvalue weighted by atomic mass is 9.83. The fourth-order valence-corrected chi connectivity index (χ4v) is 3.15. The van der Waals surface area contributed by atoms with Crippen LogP contribution in [-0.2, 0) is 4.79 Å². The molecule has 4 N–H and O–H groups in total. The van der Waals surface area contributed by atoms with Crippen LogP contribution in [0, 0.1) is 5.41 Å². The number of nitrogens with one attached hydrogen (secondary N) is 1. The van der Waals surface area contributed by atoms with E-state index in [4.69, 9.17) is 15.7 Å². The molecule has 0 unspecified atom stereocenters. The Morgan fingerprint density at radius 1 is 1.43 bits per heavy atom. The minimum Gasteiger partial charge on any atom is -0.497 e. The van der Waals surface area contributed by atoms with Gasteiger partial charge in [0.1, 0.15) is 11.2 Å². The van der Waals surface area contributed by atoms with E-state index in [1.54, 1.807) is 25.3 Å². The van der Waals surface area contributed by atoms with Gasteiger partial charge in [0.05, 0.1) is 7.11 Å². The Hall–Kier alpha value is -1.76. The summed E-state index contributed by atoms with van der Waals surface area (Å²) >= 11 is 3.36. The van der Waals surface area contributed by atoms with Gasteiger partial charge in [-0.1, -0.05) is 33.9 Å². The molecule has 21 heavy (non-hydrogen) atoms. The zero-order chi connectivity index (χ0) is 15.5. The number of ether oxygens (including phenoxy) is 1. The van der Waals surface area contributed by atoms with Crippen molar-refractivity contribution in [1.29, 1.82) is 0 Å². The van der Waals surface area contributed by atoms with Gasteiger partial charge in [-0.15, -0.1) is 0 Å². The highest BCUT2D eigenvalue weighted by molar-refractivity contribution is 9.10. The van der Waals surface area contributed by atoms with Crippen LogP contribution in [0.5, 0.6) is 5.75 Å². The maximum Gasteiger partial charge on any atom is 0.238 e. The summed E-state index contributed by atoms with van der Waals surface area (Å²) in [5.74, 6) is 0.346. The Morgan fingerprint density at radius 3 is 2.67 bits per heavy atom. The molecule has 0 bridgehead atoms. The van der Waals surface area contributed by atoms with E-state index in [0.29, 0.717) is 24.3 Å². The molecule has 6 nitrogen and oxygen atoms in total. The molecule has 1 amide bonds. The standard InChI is InChI=1S/C14H18BrN3O3/c1-21-11-7-9(15)6-10(8-11)17-13(19)14(12(16)18-20)4-2-3-5-14/h6-8,20H,2-5H2,1H3,(H2,16,18)(H,17,19). The van der Waals surface area contributed by atoms with Crippen LogP contribution in [-0.4, -0.2) is 24.1 Å².